The Morgan fingerprint density at radius 3 is 2.27 bits per heavy atom. The van der Waals surface area contributed by atoms with Gasteiger partial charge in [-0.3, -0.25) is 0 Å². The lowest BCUT2D eigenvalue weighted by Crippen LogP contribution is -2.51. The van der Waals surface area contributed by atoms with Crippen LogP contribution in [0.1, 0.15) is 13.8 Å². The molecule has 0 radical (unpaired) electrons. The molecule has 0 aromatic rings. The molecular weight excluding hydrogens is 144 g/mol. The smallest absolute Gasteiger partial charge is 0.340 e. The Bertz CT molecular complexity index is 195. The Hall–Kier alpha value is -1.08. The van der Waals surface area contributed by atoms with E-state index in [2.05, 4.69) is 4.74 Å². The van der Waals surface area contributed by atoms with Crippen LogP contribution in [0.2, 0.25) is 0 Å². The van der Waals surface area contributed by atoms with Crippen molar-refractivity contribution in [1.82, 2.24) is 0 Å². The molecule has 2 N–H and O–H groups in total. The van der Waals surface area contributed by atoms with Gasteiger partial charge in [-0.25, -0.2) is 4.79 Å². The largest absolute Gasteiger partial charge is 0.467 e. The van der Waals surface area contributed by atoms with Crippen LogP contribution in [0.25, 0.3) is 0 Å². The first-order chi connectivity index (χ1) is 4.99. The summed E-state index contributed by atoms with van der Waals surface area (Å²) in [6.45, 7) is 3.39. The zero-order chi connectivity index (χ0) is 9.07. The Balaban J connectivity index is 4.64. The van der Waals surface area contributed by atoms with Crippen molar-refractivity contribution in [1.29, 1.82) is 5.26 Å². The molecule has 0 aliphatic heterocycles. The van der Waals surface area contributed by atoms with Crippen molar-refractivity contribution in [2.45, 2.75) is 19.4 Å². The lowest BCUT2D eigenvalue weighted by molar-refractivity contribution is -0.146. The summed E-state index contributed by atoms with van der Waals surface area (Å²) in [6, 6.07) is 1.73. The highest BCUT2D eigenvalue weighted by molar-refractivity contribution is 5.84. The maximum atomic E-state index is 10.9. The molecule has 0 rings (SSSR count). The van der Waals surface area contributed by atoms with Gasteiger partial charge < -0.3 is 10.5 Å². The molecule has 1 unspecified atom stereocenters. The van der Waals surface area contributed by atoms with Gasteiger partial charge in [0.25, 0.3) is 0 Å². The molecule has 62 valence electrons. The number of esters is 1. The molecule has 0 saturated carbocycles. The van der Waals surface area contributed by atoms with E-state index >= 15 is 0 Å². The van der Waals surface area contributed by atoms with Crippen molar-refractivity contribution in [2.75, 3.05) is 7.11 Å². The number of nitrogens with zero attached hydrogens (tertiary/aromatic N) is 1. The number of rotatable bonds is 2. The molecule has 0 aromatic carbocycles. The molecule has 0 fully saturated rings. The van der Waals surface area contributed by atoms with Crippen LogP contribution in [0.4, 0.5) is 0 Å². The van der Waals surface area contributed by atoms with Crippen LogP contribution in [0.3, 0.4) is 0 Å². The molecule has 0 spiro atoms. The minimum Gasteiger partial charge on any atom is -0.467 e. The summed E-state index contributed by atoms with van der Waals surface area (Å²) in [5.41, 5.74) is 3.95. The first-order valence-corrected chi connectivity index (χ1v) is 3.27. The minimum atomic E-state index is -1.51. The molecule has 11 heavy (non-hydrogen) atoms. The van der Waals surface area contributed by atoms with E-state index in [4.69, 9.17) is 11.0 Å². The molecule has 0 aromatic heterocycles. The quantitative estimate of drug-likeness (QED) is 0.572. The van der Waals surface area contributed by atoms with Crippen molar-refractivity contribution in [3.05, 3.63) is 0 Å². The number of nitrogens with two attached hydrogens (primary N) is 1. The Labute approximate surface area is 65.9 Å². The second-order valence-electron chi connectivity index (χ2n) is 2.63. The van der Waals surface area contributed by atoms with Crippen LogP contribution in [0, 0.1) is 17.2 Å². The van der Waals surface area contributed by atoms with Gasteiger partial charge in [-0.15, -0.1) is 0 Å². The lowest BCUT2D eigenvalue weighted by Gasteiger charge is -2.21. The number of hydrogen-bond donors (Lipinski definition) is 1. The standard InChI is InChI=1S/C7H12N2O2/c1-5(2)7(9,4-8)6(10)11-3/h5H,9H2,1-3H3. The molecule has 0 bridgehead atoms. The average molecular weight is 156 g/mol. The first-order valence-electron chi connectivity index (χ1n) is 3.27. The molecule has 4 nitrogen and oxygen atoms in total. The van der Waals surface area contributed by atoms with Crippen LogP contribution >= 0.6 is 0 Å². The molecule has 0 aliphatic carbocycles. The normalized spacial score (nSPS) is 15.3. The highest BCUT2D eigenvalue weighted by Gasteiger charge is 2.38. The molecular formula is C7H12N2O2. The van der Waals surface area contributed by atoms with Crippen molar-refractivity contribution < 1.29 is 9.53 Å². The van der Waals surface area contributed by atoms with Crippen molar-refractivity contribution in [3.63, 3.8) is 0 Å². The predicted octanol–water partition coefficient (Wildman–Crippen LogP) is 0.0365. The van der Waals surface area contributed by atoms with Gasteiger partial charge in [-0.05, 0) is 5.92 Å². The van der Waals surface area contributed by atoms with Crippen LogP contribution < -0.4 is 5.73 Å². The van der Waals surface area contributed by atoms with Gasteiger partial charge in [0.1, 0.15) is 0 Å². The van der Waals surface area contributed by atoms with E-state index in [-0.39, 0.29) is 5.92 Å². The van der Waals surface area contributed by atoms with Crippen LogP contribution in [0.5, 0.6) is 0 Å². The number of carbonyl (C=O) groups excluding carboxylic acids is 1. The van der Waals surface area contributed by atoms with Gasteiger partial charge in [0.2, 0.25) is 5.54 Å². The van der Waals surface area contributed by atoms with Gasteiger partial charge in [0.15, 0.2) is 0 Å². The summed E-state index contributed by atoms with van der Waals surface area (Å²) in [6.07, 6.45) is 0. The summed E-state index contributed by atoms with van der Waals surface area (Å²) >= 11 is 0. The summed E-state index contributed by atoms with van der Waals surface area (Å²) in [5, 5.41) is 8.58. The third kappa shape index (κ3) is 1.69. The van der Waals surface area contributed by atoms with Crippen LogP contribution in [-0.2, 0) is 9.53 Å². The highest BCUT2D eigenvalue weighted by atomic mass is 16.5. The average Bonchev–Trinajstić information content (AvgIpc) is 2.01. The molecule has 1 atom stereocenters. The number of hydrogen-bond acceptors (Lipinski definition) is 4. The topological polar surface area (TPSA) is 76.1 Å². The van der Waals surface area contributed by atoms with E-state index in [1.165, 1.54) is 7.11 Å². The fourth-order valence-electron chi connectivity index (χ4n) is 0.579. The number of methoxy groups -OCH3 is 1. The first kappa shape index (κ1) is 9.92. The molecule has 0 saturated heterocycles. The van der Waals surface area contributed by atoms with E-state index in [1.807, 2.05) is 0 Å². The van der Waals surface area contributed by atoms with Gasteiger partial charge in [-0.2, -0.15) is 5.26 Å². The predicted molar refractivity (Wildman–Crippen MR) is 39.4 cm³/mol. The van der Waals surface area contributed by atoms with Gasteiger partial charge in [0.05, 0.1) is 13.2 Å². The third-order valence-electron chi connectivity index (χ3n) is 1.62. The fraction of sp³-hybridized carbons (Fsp3) is 0.714. The van der Waals surface area contributed by atoms with Gasteiger partial charge >= 0.3 is 5.97 Å². The zero-order valence-corrected chi connectivity index (χ0v) is 6.92. The molecule has 4 heteroatoms. The van der Waals surface area contributed by atoms with Crippen LogP contribution in [0.15, 0.2) is 0 Å². The maximum Gasteiger partial charge on any atom is 0.340 e. The molecule has 0 aliphatic rings. The zero-order valence-electron chi connectivity index (χ0n) is 6.92. The van der Waals surface area contributed by atoms with Gasteiger partial charge in [0, 0.05) is 0 Å². The molecule has 0 amide bonds. The number of ether oxygens (including phenoxy) is 1. The SMILES string of the molecule is COC(=O)C(N)(C#N)C(C)C. The number of carbonyl (C=O) groups is 1. The van der Waals surface area contributed by atoms with Crippen LogP contribution in [-0.4, -0.2) is 18.6 Å². The van der Waals surface area contributed by atoms with E-state index < -0.39 is 11.5 Å². The summed E-state index contributed by atoms with van der Waals surface area (Å²) < 4.78 is 4.38. The van der Waals surface area contributed by atoms with Crippen molar-refractivity contribution in [2.24, 2.45) is 11.7 Å². The van der Waals surface area contributed by atoms with Crippen molar-refractivity contribution in [3.8, 4) is 6.07 Å². The summed E-state index contributed by atoms with van der Waals surface area (Å²) in [4.78, 5) is 10.9. The summed E-state index contributed by atoms with van der Waals surface area (Å²) in [7, 11) is 1.21. The second kappa shape index (κ2) is 3.35. The fourth-order valence-corrected chi connectivity index (χ4v) is 0.579. The van der Waals surface area contributed by atoms with E-state index in [0.717, 1.165) is 0 Å². The van der Waals surface area contributed by atoms with E-state index in [9.17, 15) is 4.79 Å². The Kier molecular flexibility index (Phi) is 3.02. The highest BCUT2D eigenvalue weighted by Crippen LogP contribution is 2.13. The van der Waals surface area contributed by atoms with E-state index in [1.54, 1.807) is 19.9 Å². The Morgan fingerprint density at radius 1 is 1.73 bits per heavy atom. The lowest BCUT2D eigenvalue weighted by atomic mass is 9.89. The number of nitriles is 1. The van der Waals surface area contributed by atoms with E-state index in [0.29, 0.717) is 0 Å². The molecule has 0 heterocycles. The van der Waals surface area contributed by atoms with Crippen molar-refractivity contribution >= 4 is 5.97 Å². The van der Waals surface area contributed by atoms with Gasteiger partial charge in [-0.1, -0.05) is 13.8 Å². The summed E-state index contributed by atoms with van der Waals surface area (Å²) in [5.74, 6) is -0.935. The monoisotopic (exact) mass is 156 g/mol. The second-order valence-corrected chi connectivity index (χ2v) is 2.63. The Morgan fingerprint density at radius 2 is 2.18 bits per heavy atom. The maximum absolute atomic E-state index is 10.9. The minimum absolute atomic E-state index is 0.250. The third-order valence-corrected chi connectivity index (χ3v) is 1.62.